The third-order valence-electron chi connectivity index (χ3n) is 5.22. The number of aliphatic imine (C=N–C) groups is 1. The second-order valence-corrected chi connectivity index (χ2v) is 8.52. The number of nitrogens with zero attached hydrogens (tertiary/aromatic N) is 2. The monoisotopic (exact) mass is 445 g/mol. The van der Waals surface area contributed by atoms with Crippen LogP contribution in [0.15, 0.2) is 64.5 Å². The Hall–Kier alpha value is -3.58. The molecule has 0 atom stereocenters. The summed E-state index contributed by atoms with van der Waals surface area (Å²) in [5.41, 5.74) is 5.93. The zero-order valence-corrected chi connectivity index (χ0v) is 19.1. The van der Waals surface area contributed by atoms with Gasteiger partial charge in [-0.25, -0.2) is 9.79 Å². The summed E-state index contributed by atoms with van der Waals surface area (Å²) in [5, 5.41) is 3.38. The van der Waals surface area contributed by atoms with Gasteiger partial charge in [-0.05, 0) is 74.5 Å². The highest BCUT2D eigenvalue weighted by Gasteiger charge is 2.25. The average Bonchev–Trinajstić information content (AvgIpc) is 3.27. The predicted octanol–water partition coefficient (Wildman–Crippen LogP) is 5.08. The fourth-order valence-corrected chi connectivity index (χ4v) is 4.45. The number of rotatable bonds is 4. The second-order valence-electron chi connectivity index (χ2n) is 7.49. The number of amidine groups is 1. The highest BCUT2D eigenvalue weighted by molar-refractivity contribution is 8.18. The van der Waals surface area contributed by atoms with Crippen LogP contribution in [0.5, 0.6) is 0 Å². The van der Waals surface area contributed by atoms with Gasteiger partial charge in [-0.15, -0.1) is 0 Å². The van der Waals surface area contributed by atoms with Crippen molar-refractivity contribution in [2.75, 3.05) is 7.11 Å². The molecular formula is C25H23N3O3S. The average molecular weight is 446 g/mol. The first-order chi connectivity index (χ1) is 15.4. The summed E-state index contributed by atoms with van der Waals surface area (Å²) < 4.78 is 6.94. The number of methoxy groups -OCH3 is 1. The van der Waals surface area contributed by atoms with Crippen LogP contribution in [-0.2, 0) is 9.53 Å². The molecule has 32 heavy (non-hydrogen) atoms. The second kappa shape index (κ2) is 8.88. The summed E-state index contributed by atoms with van der Waals surface area (Å²) in [6.07, 6.45) is 1.86. The molecule has 0 aliphatic carbocycles. The van der Waals surface area contributed by atoms with Crippen LogP contribution in [-0.4, -0.2) is 28.7 Å². The maximum Gasteiger partial charge on any atom is 0.339 e. The molecule has 1 aliphatic heterocycles. The number of benzene rings is 2. The molecule has 1 aromatic heterocycles. The molecule has 1 N–H and O–H groups in total. The maximum absolute atomic E-state index is 12.5. The van der Waals surface area contributed by atoms with Crippen LogP contribution >= 0.6 is 11.8 Å². The molecule has 162 valence electrons. The smallest absolute Gasteiger partial charge is 0.339 e. The lowest BCUT2D eigenvalue weighted by Crippen LogP contribution is -2.19. The van der Waals surface area contributed by atoms with Crippen molar-refractivity contribution in [1.29, 1.82) is 0 Å². The normalized spacial score (nSPS) is 15.9. The first kappa shape index (κ1) is 21.6. The van der Waals surface area contributed by atoms with Crippen molar-refractivity contribution >= 4 is 40.6 Å². The fourth-order valence-electron chi connectivity index (χ4n) is 3.61. The number of thioether (sulfide) groups is 1. The van der Waals surface area contributed by atoms with Crippen molar-refractivity contribution in [3.63, 3.8) is 0 Å². The number of hydrogen-bond donors (Lipinski definition) is 1. The Kier molecular flexibility index (Phi) is 6.01. The number of para-hydroxylation sites is 1. The zero-order valence-electron chi connectivity index (χ0n) is 18.3. The van der Waals surface area contributed by atoms with Crippen LogP contribution in [0.2, 0.25) is 0 Å². The summed E-state index contributed by atoms with van der Waals surface area (Å²) in [6, 6.07) is 17.1. The zero-order chi connectivity index (χ0) is 22.8. The third-order valence-corrected chi connectivity index (χ3v) is 6.13. The Labute approximate surface area is 191 Å². The van der Waals surface area contributed by atoms with Crippen molar-refractivity contribution < 1.29 is 14.3 Å². The Morgan fingerprint density at radius 2 is 1.81 bits per heavy atom. The molecular weight excluding hydrogens is 422 g/mol. The molecule has 0 bridgehead atoms. The molecule has 1 amide bonds. The molecule has 6 nitrogen and oxygen atoms in total. The lowest BCUT2D eigenvalue weighted by Gasteiger charge is -2.13. The lowest BCUT2D eigenvalue weighted by molar-refractivity contribution is -0.115. The number of amides is 1. The van der Waals surface area contributed by atoms with Crippen molar-refractivity contribution in [3.8, 4) is 5.69 Å². The SMILES string of the molecule is COC(=O)c1ccccc1-n1c(C)cc(/C=C2/SC(=Nc3ccc(C)cc3)NC2=O)c1C. The molecule has 3 aromatic rings. The standard InChI is InChI=1S/C25H23N3O3S/c1-15-9-11-19(12-10-15)26-25-27-23(29)22(32-25)14-18-13-16(2)28(17(18)3)21-8-6-5-7-20(21)24(30)31-4/h5-14H,1-4H3,(H,26,27,29)/b22-14+. The van der Waals surface area contributed by atoms with Gasteiger partial charge in [0.15, 0.2) is 5.17 Å². The number of nitrogens with one attached hydrogen (secondary N) is 1. The highest BCUT2D eigenvalue weighted by Crippen LogP contribution is 2.31. The topological polar surface area (TPSA) is 72.7 Å². The maximum atomic E-state index is 12.5. The van der Waals surface area contributed by atoms with E-state index in [1.807, 2.05) is 73.9 Å². The van der Waals surface area contributed by atoms with Gasteiger partial charge in [-0.1, -0.05) is 29.8 Å². The molecule has 4 rings (SSSR count). The fraction of sp³-hybridized carbons (Fsp3) is 0.160. The van der Waals surface area contributed by atoms with E-state index in [0.717, 1.165) is 33.9 Å². The minimum absolute atomic E-state index is 0.180. The van der Waals surface area contributed by atoms with Gasteiger partial charge in [0, 0.05) is 11.4 Å². The molecule has 2 aromatic carbocycles. The Bertz CT molecular complexity index is 1270. The van der Waals surface area contributed by atoms with Crippen LogP contribution in [0.3, 0.4) is 0 Å². The minimum atomic E-state index is -0.393. The number of carbonyl (C=O) groups excluding carboxylic acids is 2. The van der Waals surface area contributed by atoms with Crippen molar-refractivity contribution in [2.45, 2.75) is 20.8 Å². The summed E-state index contributed by atoms with van der Waals surface area (Å²) in [4.78, 5) is 29.9. The molecule has 1 saturated heterocycles. The summed E-state index contributed by atoms with van der Waals surface area (Å²) in [7, 11) is 1.37. The molecule has 0 unspecified atom stereocenters. The van der Waals surface area contributed by atoms with E-state index in [-0.39, 0.29) is 5.91 Å². The van der Waals surface area contributed by atoms with E-state index in [2.05, 4.69) is 10.3 Å². The molecule has 2 heterocycles. The number of carbonyl (C=O) groups is 2. The lowest BCUT2D eigenvalue weighted by atomic mass is 10.1. The molecule has 0 radical (unpaired) electrons. The summed E-state index contributed by atoms with van der Waals surface area (Å²) in [6.45, 7) is 5.95. The van der Waals surface area contributed by atoms with Gasteiger partial charge in [0.05, 0.1) is 29.0 Å². The van der Waals surface area contributed by atoms with Crippen molar-refractivity contribution in [3.05, 3.63) is 87.6 Å². The Morgan fingerprint density at radius 3 is 2.53 bits per heavy atom. The van der Waals surface area contributed by atoms with E-state index in [1.165, 1.54) is 18.9 Å². The van der Waals surface area contributed by atoms with E-state index in [4.69, 9.17) is 4.74 Å². The van der Waals surface area contributed by atoms with Crippen LogP contribution in [0.4, 0.5) is 5.69 Å². The van der Waals surface area contributed by atoms with E-state index >= 15 is 0 Å². The molecule has 0 saturated carbocycles. The number of ether oxygens (including phenoxy) is 1. The van der Waals surface area contributed by atoms with E-state index in [0.29, 0.717) is 15.6 Å². The van der Waals surface area contributed by atoms with Crippen molar-refractivity contribution in [1.82, 2.24) is 9.88 Å². The Balaban J connectivity index is 1.67. The molecule has 7 heteroatoms. The summed E-state index contributed by atoms with van der Waals surface area (Å²) >= 11 is 1.31. The van der Waals surface area contributed by atoms with Gasteiger partial charge in [-0.2, -0.15) is 0 Å². The first-order valence-corrected chi connectivity index (χ1v) is 10.9. The number of aromatic nitrogens is 1. The Morgan fingerprint density at radius 1 is 1.09 bits per heavy atom. The van der Waals surface area contributed by atoms with Crippen LogP contribution < -0.4 is 5.32 Å². The van der Waals surface area contributed by atoms with E-state index in [9.17, 15) is 9.59 Å². The number of hydrogen-bond acceptors (Lipinski definition) is 5. The van der Waals surface area contributed by atoms with Gasteiger partial charge >= 0.3 is 5.97 Å². The van der Waals surface area contributed by atoms with Crippen molar-refractivity contribution in [2.24, 2.45) is 4.99 Å². The van der Waals surface area contributed by atoms with Gasteiger partial charge in [0.1, 0.15) is 0 Å². The van der Waals surface area contributed by atoms with Gasteiger partial charge in [-0.3, -0.25) is 4.79 Å². The predicted molar refractivity (Wildman–Crippen MR) is 129 cm³/mol. The van der Waals surface area contributed by atoms with E-state index in [1.54, 1.807) is 12.1 Å². The minimum Gasteiger partial charge on any atom is -0.465 e. The van der Waals surface area contributed by atoms with Gasteiger partial charge < -0.3 is 14.6 Å². The molecule has 1 fully saturated rings. The van der Waals surface area contributed by atoms with Crippen LogP contribution in [0.1, 0.15) is 32.9 Å². The molecule has 1 aliphatic rings. The third kappa shape index (κ3) is 4.24. The number of esters is 1. The largest absolute Gasteiger partial charge is 0.465 e. The summed E-state index contributed by atoms with van der Waals surface area (Å²) in [5.74, 6) is -0.573. The van der Waals surface area contributed by atoms with Crippen LogP contribution in [0, 0.1) is 20.8 Å². The van der Waals surface area contributed by atoms with Gasteiger partial charge in [0.25, 0.3) is 5.91 Å². The quantitative estimate of drug-likeness (QED) is 0.449. The van der Waals surface area contributed by atoms with Crippen LogP contribution in [0.25, 0.3) is 11.8 Å². The number of aryl methyl sites for hydroxylation is 2. The molecule has 0 spiro atoms. The van der Waals surface area contributed by atoms with E-state index < -0.39 is 5.97 Å². The van der Waals surface area contributed by atoms with Gasteiger partial charge in [0.2, 0.25) is 0 Å². The first-order valence-electron chi connectivity index (χ1n) is 10.1. The highest BCUT2D eigenvalue weighted by atomic mass is 32.2.